The van der Waals surface area contributed by atoms with E-state index in [1.165, 1.54) is 16.3 Å². The summed E-state index contributed by atoms with van der Waals surface area (Å²) in [7, 11) is 1.69. The molecule has 20 heavy (non-hydrogen) atoms. The van der Waals surface area contributed by atoms with E-state index in [2.05, 4.69) is 47.8 Å². The Morgan fingerprint density at radius 3 is 2.50 bits per heavy atom. The number of rotatable bonds is 4. The maximum absolute atomic E-state index is 5.36. The number of para-hydroxylation sites is 2. The lowest BCUT2D eigenvalue weighted by Gasteiger charge is -2.12. The molecule has 0 spiro atoms. The summed E-state index contributed by atoms with van der Waals surface area (Å²) in [5, 5.41) is 6.01. The summed E-state index contributed by atoms with van der Waals surface area (Å²) in [6.45, 7) is 0.779. The number of hydrogen-bond acceptors (Lipinski definition) is 2. The van der Waals surface area contributed by atoms with Gasteiger partial charge in [-0.3, -0.25) is 0 Å². The Kier molecular flexibility index (Phi) is 3.55. The third-order valence-electron chi connectivity index (χ3n) is 3.46. The van der Waals surface area contributed by atoms with Crippen LogP contribution >= 0.6 is 0 Å². The fourth-order valence-corrected chi connectivity index (χ4v) is 2.43. The molecule has 0 saturated carbocycles. The fraction of sp³-hybridized carbons (Fsp3) is 0.111. The molecule has 0 aliphatic rings. The van der Waals surface area contributed by atoms with Crippen LogP contribution in [-0.2, 0) is 6.54 Å². The molecule has 2 nitrogen and oxygen atoms in total. The van der Waals surface area contributed by atoms with Crippen LogP contribution in [-0.4, -0.2) is 7.11 Å². The largest absolute Gasteiger partial charge is 0.495 e. The highest BCUT2D eigenvalue weighted by Crippen LogP contribution is 2.25. The molecule has 0 atom stereocenters. The van der Waals surface area contributed by atoms with Gasteiger partial charge in [0.25, 0.3) is 0 Å². The number of hydrogen-bond donors (Lipinski definition) is 1. The Bertz CT molecular complexity index is 716. The molecular formula is C18H17NO. The maximum atomic E-state index is 5.36. The molecule has 0 bridgehead atoms. The molecule has 2 heteroatoms. The minimum Gasteiger partial charge on any atom is -0.495 e. The zero-order valence-corrected chi connectivity index (χ0v) is 11.5. The lowest BCUT2D eigenvalue weighted by molar-refractivity contribution is 0.416. The van der Waals surface area contributed by atoms with Crippen molar-refractivity contribution in [2.24, 2.45) is 0 Å². The third kappa shape index (κ3) is 2.45. The molecule has 0 fully saturated rings. The number of ether oxygens (including phenoxy) is 1. The van der Waals surface area contributed by atoms with Gasteiger partial charge in [0, 0.05) is 6.54 Å². The topological polar surface area (TPSA) is 21.3 Å². The normalized spacial score (nSPS) is 10.4. The van der Waals surface area contributed by atoms with Crippen LogP contribution in [0, 0.1) is 0 Å². The van der Waals surface area contributed by atoms with E-state index in [0.717, 1.165) is 18.0 Å². The molecule has 0 radical (unpaired) electrons. The van der Waals surface area contributed by atoms with Gasteiger partial charge in [-0.15, -0.1) is 0 Å². The van der Waals surface area contributed by atoms with E-state index in [1.54, 1.807) is 7.11 Å². The fourth-order valence-electron chi connectivity index (χ4n) is 2.43. The lowest BCUT2D eigenvalue weighted by atomic mass is 10.0. The third-order valence-corrected chi connectivity index (χ3v) is 3.46. The van der Waals surface area contributed by atoms with Crippen LogP contribution in [0.1, 0.15) is 5.56 Å². The lowest BCUT2D eigenvalue weighted by Crippen LogP contribution is -2.01. The summed E-state index contributed by atoms with van der Waals surface area (Å²) in [6.07, 6.45) is 0. The van der Waals surface area contributed by atoms with Crippen molar-refractivity contribution in [3.8, 4) is 5.75 Å². The second kappa shape index (κ2) is 5.66. The van der Waals surface area contributed by atoms with Crippen LogP contribution in [0.2, 0.25) is 0 Å². The molecule has 0 saturated heterocycles. The summed E-state index contributed by atoms with van der Waals surface area (Å²) in [6, 6.07) is 22.8. The SMILES string of the molecule is COc1ccccc1NCc1cccc2ccccc12. The first kappa shape index (κ1) is 12.5. The Hall–Kier alpha value is -2.48. The van der Waals surface area contributed by atoms with E-state index >= 15 is 0 Å². The van der Waals surface area contributed by atoms with E-state index < -0.39 is 0 Å². The van der Waals surface area contributed by atoms with Gasteiger partial charge in [-0.25, -0.2) is 0 Å². The van der Waals surface area contributed by atoms with Crippen molar-refractivity contribution in [3.63, 3.8) is 0 Å². The van der Waals surface area contributed by atoms with Gasteiger partial charge in [-0.1, -0.05) is 54.6 Å². The Morgan fingerprint density at radius 2 is 1.60 bits per heavy atom. The van der Waals surface area contributed by atoms with Crippen molar-refractivity contribution in [1.82, 2.24) is 0 Å². The van der Waals surface area contributed by atoms with Crippen molar-refractivity contribution in [1.29, 1.82) is 0 Å². The van der Waals surface area contributed by atoms with E-state index in [9.17, 15) is 0 Å². The van der Waals surface area contributed by atoms with Gasteiger partial charge < -0.3 is 10.1 Å². The van der Waals surface area contributed by atoms with Crippen LogP contribution in [0.5, 0.6) is 5.75 Å². The maximum Gasteiger partial charge on any atom is 0.141 e. The number of methoxy groups -OCH3 is 1. The summed E-state index contributed by atoms with van der Waals surface area (Å²) in [4.78, 5) is 0. The molecular weight excluding hydrogens is 246 g/mol. The van der Waals surface area contributed by atoms with Crippen LogP contribution in [0.15, 0.2) is 66.7 Å². The van der Waals surface area contributed by atoms with Gasteiger partial charge in [0.15, 0.2) is 0 Å². The first-order valence-corrected chi connectivity index (χ1v) is 6.72. The first-order chi connectivity index (χ1) is 9.88. The molecule has 0 unspecified atom stereocenters. The summed E-state index contributed by atoms with van der Waals surface area (Å²) < 4.78 is 5.36. The Morgan fingerprint density at radius 1 is 0.850 bits per heavy atom. The Balaban J connectivity index is 1.87. The molecule has 3 rings (SSSR count). The average molecular weight is 263 g/mol. The minimum absolute atomic E-state index is 0.779. The number of anilines is 1. The van der Waals surface area contributed by atoms with Gasteiger partial charge in [0.1, 0.15) is 5.75 Å². The van der Waals surface area contributed by atoms with Gasteiger partial charge in [0.2, 0.25) is 0 Å². The highest BCUT2D eigenvalue weighted by molar-refractivity contribution is 5.85. The van der Waals surface area contributed by atoms with Gasteiger partial charge in [-0.05, 0) is 28.5 Å². The van der Waals surface area contributed by atoms with Gasteiger partial charge >= 0.3 is 0 Å². The molecule has 0 aliphatic carbocycles. The van der Waals surface area contributed by atoms with E-state index in [4.69, 9.17) is 4.74 Å². The quantitative estimate of drug-likeness (QED) is 0.750. The predicted octanol–water partition coefficient (Wildman–Crippen LogP) is 4.46. The van der Waals surface area contributed by atoms with E-state index in [-0.39, 0.29) is 0 Å². The number of fused-ring (bicyclic) bond motifs is 1. The predicted molar refractivity (Wildman–Crippen MR) is 84.3 cm³/mol. The van der Waals surface area contributed by atoms with Crippen molar-refractivity contribution in [3.05, 3.63) is 72.3 Å². The van der Waals surface area contributed by atoms with Gasteiger partial charge in [0.05, 0.1) is 12.8 Å². The number of benzene rings is 3. The number of nitrogens with one attached hydrogen (secondary N) is 1. The summed E-state index contributed by atoms with van der Waals surface area (Å²) in [5.41, 5.74) is 2.30. The van der Waals surface area contributed by atoms with Crippen molar-refractivity contribution in [2.75, 3.05) is 12.4 Å². The molecule has 1 N–H and O–H groups in total. The molecule has 0 amide bonds. The van der Waals surface area contributed by atoms with E-state index in [0.29, 0.717) is 0 Å². The van der Waals surface area contributed by atoms with Gasteiger partial charge in [-0.2, -0.15) is 0 Å². The van der Waals surface area contributed by atoms with Crippen molar-refractivity contribution in [2.45, 2.75) is 6.54 Å². The molecule has 0 heterocycles. The second-order valence-corrected chi connectivity index (χ2v) is 4.69. The van der Waals surface area contributed by atoms with Crippen molar-refractivity contribution < 1.29 is 4.74 Å². The summed E-state index contributed by atoms with van der Waals surface area (Å²) in [5.74, 6) is 0.868. The molecule has 3 aromatic rings. The van der Waals surface area contributed by atoms with E-state index in [1.807, 2.05) is 24.3 Å². The van der Waals surface area contributed by atoms with Crippen LogP contribution in [0.4, 0.5) is 5.69 Å². The minimum atomic E-state index is 0.779. The monoisotopic (exact) mass is 263 g/mol. The average Bonchev–Trinajstić information content (AvgIpc) is 2.53. The second-order valence-electron chi connectivity index (χ2n) is 4.69. The standard InChI is InChI=1S/C18H17NO/c1-20-18-12-5-4-11-17(18)19-13-15-9-6-8-14-7-2-3-10-16(14)15/h2-12,19H,13H2,1H3. The van der Waals surface area contributed by atoms with Crippen LogP contribution in [0.3, 0.4) is 0 Å². The smallest absolute Gasteiger partial charge is 0.141 e. The van der Waals surface area contributed by atoms with Crippen molar-refractivity contribution >= 4 is 16.5 Å². The highest BCUT2D eigenvalue weighted by Gasteiger charge is 2.03. The summed E-state index contributed by atoms with van der Waals surface area (Å²) >= 11 is 0. The van der Waals surface area contributed by atoms with Crippen LogP contribution in [0.25, 0.3) is 10.8 Å². The Labute approximate surface area is 119 Å². The molecule has 0 aromatic heterocycles. The zero-order valence-electron chi connectivity index (χ0n) is 11.5. The first-order valence-electron chi connectivity index (χ1n) is 6.72. The highest BCUT2D eigenvalue weighted by atomic mass is 16.5. The molecule has 0 aliphatic heterocycles. The molecule has 100 valence electrons. The van der Waals surface area contributed by atoms with Crippen LogP contribution < -0.4 is 10.1 Å². The molecule has 3 aromatic carbocycles. The zero-order chi connectivity index (χ0) is 13.8.